The topological polar surface area (TPSA) is 26.3 Å². The second-order valence-corrected chi connectivity index (χ2v) is 3.46. The average Bonchev–Trinajstić information content (AvgIpc) is 2.53. The smallest absolute Gasteiger partial charge is 0.132 e. The van der Waals surface area contributed by atoms with E-state index in [9.17, 15) is 4.79 Å². The Morgan fingerprint density at radius 1 is 1.50 bits per heavy atom. The Kier molecular flexibility index (Phi) is 4.30. The Balaban J connectivity index is 2.03. The summed E-state index contributed by atoms with van der Waals surface area (Å²) in [4.78, 5) is 11.1. The van der Waals surface area contributed by atoms with Crippen LogP contribution in [0.5, 0.6) is 0 Å². The first-order valence-corrected chi connectivity index (χ1v) is 4.96. The van der Waals surface area contributed by atoms with Crippen LogP contribution in [0.15, 0.2) is 0 Å². The molecule has 0 saturated carbocycles. The molecule has 70 valence electrons. The molecule has 0 bridgehead atoms. The SMILES string of the molecule is CCCC(=O)CCC1CCCO1. The van der Waals surface area contributed by atoms with E-state index >= 15 is 0 Å². The number of Topliss-reactive ketones (excluding diaryl/α,β-unsaturated/α-hetero) is 1. The summed E-state index contributed by atoms with van der Waals surface area (Å²) in [5.41, 5.74) is 0. The lowest BCUT2D eigenvalue weighted by Gasteiger charge is -2.07. The summed E-state index contributed by atoms with van der Waals surface area (Å²) in [6.45, 7) is 2.94. The van der Waals surface area contributed by atoms with Crippen molar-refractivity contribution in [2.24, 2.45) is 0 Å². The molecule has 0 aromatic rings. The molecular weight excluding hydrogens is 152 g/mol. The van der Waals surface area contributed by atoms with Gasteiger partial charge in [-0.05, 0) is 25.7 Å². The molecule has 0 spiro atoms. The molecule has 1 fully saturated rings. The minimum atomic E-state index is 0.380. The first-order valence-electron chi connectivity index (χ1n) is 4.96. The molecule has 1 saturated heterocycles. The van der Waals surface area contributed by atoms with Crippen LogP contribution in [0.25, 0.3) is 0 Å². The fourth-order valence-electron chi connectivity index (χ4n) is 1.60. The number of hydrogen-bond acceptors (Lipinski definition) is 2. The molecular formula is C10H18O2. The van der Waals surface area contributed by atoms with Gasteiger partial charge < -0.3 is 4.74 Å². The number of ketones is 1. The normalized spacial score (nSPS) is 22.9. The second-order valence-electron chi connectivity index (χ2n) is 3.46. The highest BCUT2D eigenvalue weighted by Crippen LogP contribution is 2.17. The van der Waals surface area contributed by atoms with Crippen LogP contribution in [-0.2, 0) is 9.53 Å². The molecule has 0 aliphatic carbocycles. The first-order chi connectivity index (χ1) is 5.83. The van der Waals surface area contributed by atoms with Gasteiger partial charge in [0.05, 0.1) is 6.10 Å². The summed E-state index contributed by atoms with van der Waals surface area (Å²) < 4.78 is 5.43. The maximum atomic E-state index is 11.1. The molecule has 12 heavy (non-hydrogen) atoms. The number of carbonyl (C=O) groups is 1. The van der Waals surface area contributed by atoms with Crippen LogP contribution in [0.2, 0.25) is 0 Å². The van der Waals surface area contributed by atoms with Gasteiger partial charge in [-0.1, -0.05) is 6.92 Å². The van der Waals surface area contributed by atoms with E-state index in [1.165, 1.54) is 6.42 Å². The fourth-order valence-corrected chi connectivity index (χ4v) is 1.60. The highest BCUT2D eigenvalue weighted by Gasteiger charge is 2.15. The molecule has 0 aromatic carbocycles. The third-order valence-corrected chi connectivity index (χ3v) is 2.30. The monoisotopic (exact) mass is 170 g/mol. The lowest BCUT2D eigenvalue weighted by Crippen LogP contribution is -2.08. The number of rotatable bonds is 5. The van der Waals surface area contributed by atoms with Gasteiger partial charge in [0.2, 0.25) is 0 Å². The zero-order valence-corrected chi connectivity index (χ0v) is 7.84. The molecule has 0 radical (unpaired) electrons. The summed E-state index contributed by atoms with van der Waals surface area (Å²) in [7, 11) is 0. The summed E-state index contributed by atoms with van der Waals surface area (Å²) in [5, 5.41) is 0. The zero-order chi connectivity index (χ0) is 8.81. The number of ether oxygens (including phenoxy) is 1. The van der Waals surface area contributed by atoms with Crippen molar-refractivity contribution in [1.29, 1.82) is 0 Å². The molecule has 1 aliphatic rings. The Morgan fingerprint density at radius 2 is 2.33 bits per heavy atom. The summed E-state index contributed by atoms with van der Waals surface area (Å²) in [6, 6.07) is 0. The Labute approximate surface area is 74.3 Å². The van der Waals surface area contributed by atoms with Crippen molar-refractivity contribution in [3.05, 3.63) is 0 Å². The van der Waals surface area contributed by atoms with Crippen LogP contribution < -0.4 is 0 Å². The summed E-state index contributed by atoms with van der Waals surface area (Å²) in [6.07, 6.45) is 6.09. The van der Waals surface area contributed by atoms with Crippen molar-refractivity contribution >= 4 is 5.78 Å². The van der Waals surface area contributed by atoms with Gasteiger partial charge in [0.15, 0.2) is 0 Å². The second kappa shape index (κ2) is 5.31. The zero-order valence-electron chi connectivity index (χ0n) is 7.84. The molecule has 1 atom stereocenters. The highest BCUT2D eigenvalue weighted by atomic mass is 16.5. The summed E-state index contributed by atoms with van der Waals surface area (Å²) in [5.74, 6) is 0.396. The number of carbonyl (C=O) groups excluding carboxylic acids is 1. The Hall–Kier alpha value is -0.370. The van der Waals surface area contributed by atoms with E-state index in [2.05, 4.69) is 0 Å². The Bertz CT molecular complexity index is 137. The minimum Gasteiger partial charge on any atom is -0.378 e. The van der Waals surface area contributed by atoms with Crippen LogP contribution in [0.1, 0.15) is 45.4 Å². The van der Waals surface area contributed by atoms with E-state index in [0.29, 0.717) is 11.9 Å². The van der Waals surface area contributed by atoms with Crippen molar-refractivity contribution in [3.8, 4) is 0 Å². The fraction of sp³-hybridized carbons (Fsp3) is 0.900. The van der Waals surface area contributed by atoms with E-state index in [-0.39, 0.29) is 0 Å². The third-order valence-electron chi connectivity index (χ3n) is 2.30. The average molecular weight is 170 g/mol. The molecule has 1 aliphatic heterocycles. The van der Waals surface area contributed by atoms with Crippen molar-refractivity contribution in [1.82, 2.24) is 0 Å². The predicted octanol–water partition coefficient (Wildman–Crippen LogP) is 2.31. The molecule has 2 nitrogen and oxygen atoms in total. The van der Waals surface area contributed by atoms with Gasteiger partial charge in [-0.25, -0.2) is 0 Å². The first kappa shape index (κ1) is 9.72. The number of hydrogen-bond donors (Lipinski definition) is 0. The molecule has 0 amide bonds. The lowest BCUT2D eigenvalue weighted by atomic mass is 10.1. The van der Waals surface area contributed by atoms with E-state index in [4.69, 9.17) is 4.74 Å². The van der Waals surface area contributed by atoms with Crippen molar-refractivity contribution in [3.63, 3.8) is 0 Å². The van der Waals surface area contributed by atoms with Crippen LogP contribution in [0.4, 0.5) is 0 Å². The molecule has 1 heterocycles. The molecule has 0 aromatic heterocycles. The van der Waals surface area contributed by atoms with Gasteiger partial charge in [-0.2, -0.15) is 0 Å². The van der Waals surface area contributed by atoms with Gasteiger partial charge >= 0.3 is 0 Å². The van der Waals surface area contributed by atoms with E-state index in [1.807, 2.05) is 6.92 Å². The van der Waals surface area contributed by atoms with E-state index in [0.717, 1.165) is 38.7 Å². The van der Waals surface area contributed by atoms with Gasteiger partial charge in [0.1, 0.15) is 5.78 Å². The maximum absolute atomic E-state index is 11.1. The van der Waals surface area contributed by atoms with E-state index in [1.54, 1.807) is 0 Å². The maximum Gasteiger partial charge on any atom is 0.132 e. The van der Waals surface area contributed by atoms with E-state index < -0.39 is 0 Å². The van der Waals surface area contributed by atoms with Gasteiger partial charge in [0, 0.05) is 19.4 Å². The van der Waals surface area contributed by atoms with Crippen LogP contribution in [-0.4, -0.2) is 18.5 Å². The third kappa shape index (κ3) is 3.35. The molecule has 1 rings (SSSR count). The molecule has 1 unspecified atom stereocenters. The largest absolute Gasteiger partial charge is 0.378 e. The van der Waals surface area contributed by atoms with Crippen LogP contribution in [0, 0.1) is 0 Å². The van der Waals surface area contributed by atoms with Gasteiger partial charge in [-0.15, -0.1) is 0 Å². The Morgan fingerprint density at radius 3 is 2.92 bits per heavy atom. The van der Waals surface area contributed by atoms with Gasteiger partial charge in [0.25, 0.3) is 0 Å². The van der Waals surface area contributed by atoms with Crippen molar-refractivity contribution in [2.45, 2.75) is 51.6 Å². The van der Waals surface area contributed by atoms with Crippen LogP contribution in [0.3, 0.4) is 0 Å². The van der Waals surface area contributed by atoms with Crippen molar-refractivity contribution in [2.75, 3.05) is 6.61 Å². The quantitative estimate of drug-likeness (QED) is 0.633. The predicted molar refractivity (Wildman–Crippen MR) is 48.1 cm³/mol. The summed E-state index contributed by atoms with van der Waals surface area (Å²) >= 11 is 0. The van der Waals surface area contributed by atoms with Crippen molar-refractivity contribution < 1.29 is 9.53 Å². The van der Waals surface area contributed by atoms with Gasteiger partial charge in [-0.3, -0.25) is 4.79 Å². The standard InChI is InChI=1S/C10H18O2/c1-2-4-9(11)6-7-10-5-3-8-12-10/h10H,2-8H2,1H3. The van der Waals surface area contributed by atoms with Crippen LogP contribution >= 0.6 is 0 Å². The molecule has 2 heteroatoms. The molecule has 0 N–H and O–H groups in total. The highest BCUT2D eigenvalue weighted by molar-refractivity contribution is 5.78. The lowest BCUT2D eigenvalue weighted by molar-refractivity contribution is -0.119. The minimum absolute atomic E-state index is 0.380.